The number of hydrogen-bond acceptors (Lipinski definition) is 5. The lowest BCUT2D eigenvalue weighted by molar-refractivity contribution is -0.136. The van der Waals surface area contributed by atoms with Crippen LogP contribution in [0.15, 0.2) is 79.0 Å². The highest BCUT2D eigenvalue weighted by molar-refractivity contribution is 6.14. The summed E-state index contributed by atoms with van der Waals surface area (Å²) in [7, 11) is 1.66. The fraction of sp³-hybridized carbons (Fsp3) is 0.214. The standard InChI is InChI=1S/C28H25F3N4O2/c1-37-25-13-7-6-12-24(25)34-14-16-35(17-15-34)26-20-9-3-2-8-19(20)21(18-32-26)27(36)33-23-11-5-4-10-22(23)28(29,30)31/h2-13,18H,14-17H2,1H3,(H,33,36). The molecule has 6 nitrogen and oxygen atoms in total. The van der Waals surface area contributed by atoms with E-state index in [1.807, 2.05) is 36.4 Å². The maximum atomic E-state index is 13.4. The van der Waals surface area contributed by atoms with E-state index < -0.39 is 17.6 Å². The minimum atomic E-state index is -4.58. The van der Waals surface area contributed by atoms with Crippen molar-refractivity contribution in [2.24, 2.45) is 0 Å². The number of piperazine rings is 1. The summed E-state index contributed by atoms with van der Waals surface area (Å²) >= 11 is 0. The van der Waals surface area contributed by atoms with Crippen LogP contribution in [0, 0.1) is 0 Å². The molecule has 1 aliphatic heterocycles. The van der Waals surface area contributed by atoms with Gasteiger partial charge in [-0.2, -0.15) is 13.2 Å². The second-order valence-corrected chi connectivity index (χ2v) is 8.68. The van der Waals surface area contributed by atoms with Crippen LogP contribution in [0.4, 0.5) is 30.4 Å². The number of pyridine rings is 1. The predicted molar refractivity (Wildman–Crippen MR) is 139 cm³/mol. The number of nitrogens with one attached hydrogen (secondary N) is 1. The normalized spacial score (nSPS) is 14.1. The Labute approximate surface area is 212 Å². The van der Waals surface area contributed by atoms with E-state index in [0.29, 0.717) is 18.5 Å². The largest absolute Gasteiger partial charge is 0.495 e. The van der Waals surface area contributed by atoms with E-state index in [0.717, 1.165) is 41.8 Å². The zero-order valence-corrected chi connectivity index (χ0v) is 20.1. The van der Waals surface area contributed by atoms with Gasteiger partial charge in [0.05, 0.1) is 29.6 Å². The van der Waals surface area contributed by atoms with Crippen molar-refractivity contribution >= 4 is 33.9 Å². The highest BCUT2D eigenvalue weighted by Gasteiger charge is 2.34. The molecule has 1 N–H and O–H groups in total. The van der Waals surface area contributed by atoms with Gasteiger partial charge in [-0.3, -0.25) is 4.79 Å². The molecule has 5 rings (SSSR count). The average molecular weight is 507 g/mol. The molecule has 2 heterocycles. The summed E-state index contributed by atoms with van der Waals surface area (Å²) in [4.78, 5) is 22.1. The molecule has 0 aliphatic carbocycles. The number of amides is 1. The minimum absolute atomic E-state index is 0.212. The van der Waals surface area contributed by atoms with Crippen LogP contribution >= 0.6 is 0 Å². The van der Waals surface area contributed by atoms with Crippen molar-refractivity contribution in [1.29, 1.82) is 0 Å². The number of carbonyl (C=O) groups excluding carboxylic acids is 1. The number of aromatic nitrogens is 1. The number of hydrogen-bond donors (Lipinski definition) is 1. The fourth-order valence-electron chi connectivity index (χ4n) is 4.69. The molecule has 190 valence electrons. The van der Waals surface area contributed by atoms with Crippen LogP contribution in [0.25, 0.3) is 10.8 Å². The summed E-state index contributed by atoms with van der Waals surface area (Å²) in [6.07, 6.45) is -3.14. The van der Waals surface area contributed by atoms with Crippen molar-refractivity contribution in [3.05, 3.63) is 90.1 Å². The number of para-hydroxylation sites is 3. The lowest BCUT2D eigenvalue weighted by atomic mass is 10.0. The van der Waals surface area contributed by atoms with E-state index in [1.165, 1.54) is 24.4 Å². The molecular weight excluding hydrogens is 481 g/mol. The molecule has 37 heavy (non-hydrogen) atoms. The highest BCUT2D eigenvalue weighted by Crippen LogP contribution is 2.36. The first-order valence-corrected chi connectivity index (χ1v) is 11.8. The van der Waals surface area contributed by atoms with Gasteiger partial charge in [0.15, 0.2) is 0 Å². The predicted octanol–water partition coefficient (Wildman–Crippen LogP) is 5.84. The van der Waals surface area contributed by atoms with E-state index in [9.17, 15) is 18.0 Å². The molecule has 0 bridgehead atoms. The van der Waals surface area contributed by atoms with Gasteiger partial charge in [-0.15, -0.1) is 0 Å². The zero-order valence-electron chi connectivity index (χ0n) is 20.1. The molecule has 1 aromatic heterocycles. The van der Waals surface area contributed by atoms with E-state index in [-0.39, 0.29) is 11.3 Å². The van der Waals surface area contributed by atoms with Crippen LogP contribution in [0.3, 0.4) is 0 Å². The quantitative estimate of drug-likeness (QED) is 0.369. The van der Waals surface area contributed by atoms with E-state index in [1.54, 1.807) is 19.2 Å². The first-order valence-electron chi connectivity index (χ1n) is 11.8. The summed E-state index contributed by atoms with van der Waals surface area (Å²) in [6, 6.07) is 20.1. The van der Waals surface area contributed by atoms with Crippen LogP contribution in [-0.4, -0.2) is 44.2 Å². The number of nitrogens with zero attached hydrogens (tertiary/aromatic N) is 3. The summed E-state index contributed by atoms with van der Waals surface area (Å²) in [5, 5.41) is 3.82. The highest BCUT2D eigenvalue weighted by atomic mass is 19.4. The van der Waals surface area contributed by atoms with E-state index in [2.05, 4.69) is 20.1 Å². The summed E-state index contributed by atoms with van der Waals surface area (Å²) in [6.45, 7) is 2.93. The number of methoxy groups -OCH3 is 1. The molecule has 0 saturated carbocycles. The van der Waals surface area contributed by atoms with Gasteiger partial charge < -0.3 is 19.9 Å². The van der Waals surface area contributed by atoms with Crippen molar-refractivity contribution in [2.45, 2.75) is 6.18 Å². The average Bonchev–Trinajstić information content (AvgIpc) is 2.92. The Kier molecular flexibility index (Phi) is 6.60. The third kappa shape index (κ3) is 4.89. The van der Waals surface area contributed by atoms with Gasteiger partial charge in [0.25, 0.3) is 5.91 Å². The first kappa shape index (κ1) is 24.4. The van der Waals surface area contributed by atoms with Gasteiger partial charge in [-0.25, -0.2) is 4.98 Å². The molecular formula is C28H25F3N4O2. The smallest absolute Gasteiger partial charge is 0.418 e. The van der Waals surface area contributed by atoms with Crippen molar-refractivity contribution in [3.8, 4) is 5.75 Å². The van der Waals surface area contributed by atoms with Crippen LogP contribution in [0.5, 0.6) is 5.75 Å². The van der Waals surface area contributed by atoms with Gasteiger partial charge in [0, 0.05) is 37.8 Å². The van der Waals surface area contributed by atoms with Gasteiger partial charge in [-0.1, -0.05) is 48.5 Å². The Morgan fingerprint density at radius 2 is 1.49 bits per heavy atom. The van der Waals surface area contributed by atoms with Crippen LogP contribution < -0.4 is 19.9 Å². The first-order chi connectivity index (χ1) is 17.9. The van der Waals surface area contributed by atoms with Crippen molar-refractivity contribution in [2.75, 3.05) is 48.4 Å². The fourth-order valence-corrected chi connectivity index (χ4v) is 4.69. The van der Waals surface area contributed by atoms with Crippen LogP contribution in [0.1, 0.15) is 15.9 Å². The number of halogens is 3. The van der Waals surface area contributed by atoms with Gasteiger partial charge in [-0.05, 0) is 29.7 Å². The second kappa shape index (κ2) is 10.0. The molecule has 0 radical (unpaired) electrons. The SMILES string of the molecule is COc1ccccc1N1CCN(c2ncc(C(=O)Nc3ccccc3C(F)(F)F)c3ccccc23)CC1. The number of alkyl halides is 3. The second-order valence-electron chi connectivity index (χ2n) is 8.68. The number of benzene rings is 3. The van der Waals surface area contributed by atoms with E-state index >= 15 is 0 Å². The number of carbonyl (C=O) groups is 1. The Morgan fingerprint density at radius 3 is 2.22 bits per heavy atom. The number of ether oxygens (including phenoxy) is 1. The summed E-state index contributed by atoms with van der Waals surface area (Å²) in [5.74, 6) is 0.914. The van der Waals surface area contributed by atoms with Crippen molar-refractivity contribution in [3.63, 3.8) is 0 Å². The summed E-state index contributed by atoms with van der Waals surface area (Å²) < 4.78 is 45.7. The van der Waals surface area contributed by atoms with Crippen LogP contribution in [0.2, 0.25) is 0 Å². The summed E-state index contributed by atoms with van der Waals surface area (Å²) in [5.41, 5.74) is 0.0587. The van der Waals surface area contributed by atoms with Gasteiger partial charge >= 0.3 is 6.18 Å². The van der Waals surface area contributed by atoms with Gasteiger partial charge in [0.2, 0.25) is 0 Å². The third-order valence-corrected chi connectivity index (χ3v) is 6.50. The third-order valence-electron chi connectivity index (χ3n) is 6.50. The molecule has 0 atom stereocenters. The molecule has 4 aromatic rings. The van der Waals surface area contributed by atoms with Crippen molar-refractivity contribution in [1.82, 2.24) is 4.98 Å². The lowest BCUT2D eigenvalue weighted by Crippen LogP contribution is -2.47. The number of fused-ring (bicyclic) bond motifs is 1. The Morgan fingerprint density at radius 1 is 0.865 bits per heavy atom. The maximum absolute atomic E-state index is 13.4. The number of rotatable bonds is 5. The van der Waals surface area contributed by atoms with Gasteiger partial charge in [0.1, 0.15) is 11.6 Å². The van der Waals surface area contributed by atoms with E-state index in [4.69, 9.17) is 4.74 Å². The Bertz CT molecular complexity index is 1430. The van der Waals surface area contributed by atoms with Crippen molar-refractivity contribution < 1.29 is 22.7 Å². The molecule has 1 amide bonds. The molecule has 0 unspecified atom stereocenters. The molecule has 9 heteroatoms. The molecule has 1 fully saturated rings. The maximum Gasteiger partial charge on any atom is 0.418 e. The Hall–Kier alpha value is -4.27. The van der Waals surface area contributed by atoms with Crippen LogP contribution in [-0.2, 0) is 6.18 Å². The Balaban J connectivity index is 1.40. The molecule has 1 aliphatic rings. The topological polar surface area (TPSA) is 57.7 Å². The minimum Gasteiger partial charge on any atom is -0.495 e. The molecule has 0 spiro atoms. The zero-order chi connectivity index (χ0) is 26.0. The molecule has 3 aromatic carbocycles. The number of anilines is 3. The monoisotopic (exact) mass is 506 g/mol. The lowest BCUT2D eigenvalue weighted by Gasteiger charge is -2.37. The molecule has 1 saturated heterocycles.